The first kappa shape index (κ1) is 8.22. The van der Waals surface area contributed by atoms with Gasteiger partial charge in [0, 0.05) is 0 Å². The van der Waals surface area contributed by atoms with Crippen molar-refractivity contribution in [1.29, 1.82) is 0 Å². The van der Waals surface area contributed by atoms with E-state index in [2.05, 4.69) is 19.1 Å². The average molecular weight is 146 g/mol. The van der Waals surface area contributed by atoms with E-state index in [1.54, 1.807) is 5.24 Å². The molecule has 0 nitrogen and oxygen atoms in total. The van der Waals surface area contributed by atoms with Crippen LogP contribution in [0.2, 0.25) is 0 Å². The third-order valence-electron chi connectivity index (χ3n) is 1.81. The molecule has 0 bridgehead atoms. The van der Waals surface area contributed by atoms with Gasteiger partial charge < -0.3 is 0 Å². The molecule has 0 fully saturated rings. The minimum absolute atomic E-state index is 0.932. The van der Waals surface area contributed by atoms with Gasteiger partial charge in [0.1, 0.15) is 0 Å². The van der Waals surface area contributed by atoms with Crippen molar-refractivity contribution in [1.82, 2.24) is 0 Å². The monoisotopic (exact) mass is 146 g/mol. The Morgan fingerprint density at radius 3 is 2.89 bits per heavy atom. The Bertz CT molecular complexity index is 154. The van der Waals surface area contributed by atoms with Crippen molar-refractivity contribution in [2.75, 3.05) is 0 Å². The second-order valence-corrected chi connectivity index (χ2v) is 4.55. The maximum atomic E-state index is 2.31. The van der Waals surface area contributed by atoms with E-state index in [-0.39, 0.29) is 0 Å². The van der Waals surface area contributed by atoms with Gasteiger partial charge in [-0.2, -0.15) is 0 Å². The molecule has 0 N–H and O–H groups in total. The van der Waals surface area contributed by atoms with Crippen molar-refractivity contribution >= 4 is 49.0 Å². The van der Waals surface area contributed by atoms with Gasteiger partial charge in [0.15, 0.2) is 0 Å². The third-order valence-corrected chi connectivity index (χ3v) is 3.45. The molecule has 0 aromatic carbocycles. The van der Waals surface area contributed by atoms with Crippen molar-refractivity contribution < 1.29 is 0 Å². The quantitative estimate of drug-likeness (QED) is 0.524. The summed E-state index contributed by atoms with van der Waals surface area (Å²) in [5.41, 5.74) is 1.65. The molecule has 0 spiro atoms. The zero-order valence-electron chi connectivity index (χ0n) is 6.28. The second-order valence-electron chi connectivity index (χ2n) is 2.66. The zero-order valence-corrected chi connectivity index (χ0v) is 9.40. The molecule has 1 aliphatic rings. The van der Waals surface area contributed by atoms with E-state index in [1.807, 2.05) is 0 Å². The molecule has 0 saturated heterocycles. The first-order valence-electron chi connectivity index (χ1n) is 3.69. The van der Waals surface area contributed by atoms with Crippen LogP contribution in [0.25, 0.3) is 0 Å². The number of allylic oxidation sites excluding steroid dienone is 4. The summed E-state index contributed by atoms with van der Waals surface area (Å²) in [4.78, 5) is 0. The predicted octanol–water partition coefficient (Wildman–Crippen LogP) is 2.17. The summed E-state index contributed by atoms with van der Waals surface area (Å²) in [7, 11) is 0. The fraction of sp³-hybridized carbons (Fsp3) is 0.500. The van der Waals surface area contributed by atoms with Gasteiger partial charge in [-0.3, -0.25) is 0 Å². The fourth-order valence-electron chi connectivity index (χ4n) is 1.22. The van der Waals surface area contributed by atoms with Crippen LogP contribution in [0.1, 0.15) is 26.2 Å². The number of hydrogen-bond acceptors (Lipinski definition) is 0. The van der Waals surface area contributed by atoms with Crippen LogP contribution < -0.4 is 0 Å². The van der Waals surface area contributed by atoms with Crippen LogP contribution in [-0.2, 0) is 0 Å². The molecule has 1 rings (SSSR count). The van der Waals surface area contributed by atoms with Gasteiger partial charge in [0.05, 0.1) is 0 Å². The van der Waals surface area contributed by atoms with Gasteiger partial charge in [-0.1, -0.05) is 0 Å². The van der Waals surface area contributed by atoms with Gasteiger partial charge in [-0.05, 0) is 0 Å². The Labute approximate surface area is 91.0 Å². The SMILES string of the molecule is CCCC1=[C]([K])CC=C1. The van der Waals surface area contributed by atoms with Crippen molar-refractivity contribution in [3.05, 3.63) is 17.4 Å². The molecule has 0 amide bonds. The molecule has 0 unspecified atom stereocenters. The molecular formula is C8H11K. The van der Waals surface area contributed by atoms with E-state index in [9.17, 15) is 0 Å². The van der Waals surface area contributed by atoms with Crippen molar-refractivity contribution in [3.8, 4) is 0 Å². The van der Waals surface area contributed by atoms with Crippen molar-refractivity contribution in [2.45, 2.75) is 26.2 Å². The molecule has 1 heteroatoms. The van der Waals surface area contributed by atoms with E-state index >= 15 is 0 Å². The molecule has 0 aromatic heterocycles. The van der Waals surface area contributed by atoms with Crippen LogP contribution in [0.4, 0.5) is 0 Å². The summed E-state index contributed by atoms with van der Waals surface area (Å²) in [6.07, 6.45) is 8.50. The minimum atomic E-state index is 0.932. The van der Waals surface area contributed by atoms with Gasteiger partial charge in [0.25, 0.3) is 0 Å². The topological polar surface area (TPSA) is 0 Å². The van der Waals surface area contributed by atoms with Crippen LogP contribution in [0.5, 0.6) is 0 Å². The van der Waals surface area contributed by atoms with Gasteiger partial charge in [0.2, 0.25) is 0 Å². The van der Waals surface area contributed by atoms with Crippen molar-refractivity contribution in [2.24, 2.45) is 0 Å². The van der Waals surface area contributed by atoms with E-state index in [4.69, 9.17) is 0 Å². The molecule has 0 aromatic rings. The molecule has 0 atom stereocenters. The fourth-order valence-corrected chi connectivity index (χ4v) is 2.24. The van der Waals surface area contributed by atoms with Crippen LogP contribution in [0.15, 0.2) is 17.4 Å². The van der Waals surface area contributed by atoms with Crippen LogP contribution >= 0.6 is 0 Å². The molecule has 0 saturated carbocycles. The predicted molar refractivity (Wildman–Crippen MR) is 41.4 cm³/mol. The Morgan fingerprint density at radius 2 is 2.44 bits per heavy atom. The Morgan fingerprint density at radius 1 is 1.67 bits per heavy atom. The van der Waals surface area contributed by atoms with Crippen molar-refractivity contribution in [3.63, 3.8) is 0 Å². The maximum absolute atomic E-state index is 2.31. The Balaban J connectivity index is 2.54. The summed E-state index contributed by atoms with van der Waals surface area (Å²) >= 11 is 0.932. The van der Waals surface area contributed by atoms with Crippen LogP contribution in [-0.4, -0.2) is 49.0 Å². The Kier molecular flexibility index (Phi) is 3.73. The standard InChI is InChI=1S/C8H11.K/c1-2-5-8-6-3-4-7-8;/h3,6H,2,4-5H2,1H3;. The van der Waals surface area contributed by atoms with E-state index in [0.29, 0.717) is 0 Å². The Hall–Kier alpha value is 1.12. The third kappa shape index (κ3) is 2.32. The molecule has 0 aliphatic heterocycles. The van der Waals surface area contributed by atoms with Crippen LogP contribution in [0, 0.1) is 0 Å². The van der Waals surface area contributed by atoms with Gasteiger partial charge in [-0.25, -0.2) is 0 Å². The first-order chi connectivity index (χ1) is 4.34. The molecule has 9 heavy (non-hydrogen) atoms. The molecule has 44 valence electrons. The summed E-state index contributed by atoms with van der Waals surface area (Å²) in [6, 6.07) is 0. The first-order valence-corrected chi connectivity index (χ1v) is 5.26. The normalized spacial score (nSPS) is 17.7. The summed E-state index contributed by atoms with van der Waals surface area (Å²) in [6.45, 7) is 2.25. The van der Waals surface area contributed by atoms with Crippen LogP contribution in [0.3, 0.4) is 0 Å². The number of hydrogen-bond donors (Lipinski definition) is 0. The molecule has 0 radical (unpaired) electrons. The summed E-state index contributed by atoms with van der Waals surface area (Å²) in [5, 5.41) is 0. The van der Waals surface area contributed by atoms with Gasteiger partial charge in [-0.15, -0.1) is 0 Å². The summed E-state index contributed by atoms with van der Waals surface area (Å²) in [5.74, 6) is 0. The van der Waals surface area contributed by atoms with E-state index in [1.165, 1.54) is 19.3 Å². The second kappa shape index (κ2) is 4.09. The average Bonchev–Trinajstić information content (AvgIpc) is 2.18. The number of rotatable bonds is 2. The molecule has 1 aliphatic carbocycles. The van der Waals surface area contributed by atoms with E-state index in [0.717, 1.165) is 49.0 Å². The molecular weight excluding hydrogens is 135 g/mol. The summed E-state index contributed by atoms with van der Waals surface area (Å²) < 4.78 is 1.75. The van der Waals surface area contributed by atoms with Gasteiger partial charge >= 0.3 is 92.5 Å². The van der Waals surface area contributed by atoms with E-state index < -0.39 is 0 Å². The molecule has 0 heterocycles. The zero-order chi connectivity index (χ0) is 6.69.